The minimum Gasteiger partial charge on any atom is -0.458 e. The molecule has 124 valence electrons. The molecule has 3 N–H and O–H groups in total. The molecule has 6 nitrogen and oxygen atoms in total. The van der Waals surface area contributed by atoms with Gasteiger partial charge < -0.3 is 15.2 Å². The average molecular weight is 317 g/mol. The first-order valence-corrected chi connectivity index (χ1v) is 8.09. The fourth-order valence-corrected chi connectivity index (χ4v) is 3.26. The number of nitrogens with one attached hydrogen (secondary N) is 2. The van der Waals surface area contributed by atoms with Crippen molar-refractivity contribution >= 4 is 22.6 Å². The fraction of sp³-hybridized carbons (Fsp3) is 0.529. The number of H-pyrrole nitrogens is 1. The number of aliphatic hydroxyl groups excluding tert-OH is 1. The van der Waals surface area contributed by atoms with E-state index < -0.39 is 0 Å². The lowest BCUT2D eigenvalue weighted by atomic mass is 9.81. The largest absolute Gasteiger partial charge is 0.458 e. The van der Waals surface area contributed by atoms with Crippen molar-refractivity contribution in [2.45, 2.75) is 32.3 Å². The molecule has 0 aliphatic heterocycles. The number of esters is 1. The van der Waals surface area contributed by atoms with Gasteiger partial charge in [-0.2, -0.15) is 5.10 Å². The molecular weight excluding hydrogens is 294 g/mol. The number of aliphatic hydroxyl groups is 1. The molecule has 1 aromatic heterocycles. The van der Waals surface area contributed by atoms with Gasteiger partial charge in [-0.05, 0) is 43.2 Å². The number of nitrogens with zero attached hydrogens (tertiary/aromatic N) is 1. The molecule has 1 aliphatic carbocycles. The Labute approximate surface area is 135 Å². The Morgan fingerprint density at radius 3 is 3.04 bits per heavy atom. The summed E-state index contributed by atoms with van der Waals surface area (Å²) in [6.45, 7) is 2.26. The summed E-state index contributed by atoms with van der Waals surface area (Å²) in [5, 5.41) is 20.2. The van der Waals surface area contributed by atoms with Crippen LogP contribution in [0.2, 0.25) is 0 Å². The van der Waals surface area contributed by atoms with Gasteiger partial charge in [-0.15, -0.1) is 0 Å². The number of ether oxygens (including phenoxy) is 1. The highest BCUT2D eigenvalue weighted by molar-refractivity contribution is 6.00. The highest BCUT2D eigenvalue weighted by Gasteiger charge is 2.31. The Morgan fingerprint density at radius 2 is 2.30 bits per heavy atom. The quantitative estimate of drug-likeness (QED) is 0.754. The smallest absolute Gasteiger partial charge is 0.340 e. The molecule has 1 saturated carbocycles. The van der Waals surface area contributed by atoms with Crippen LogP contribution >= 0.6 is 0 Å². The lowest BCUT2D eigenvalue weighted by molar-refractivity contribution is -0.0107. The van der Waals surface area contributed by atoms with Gasteiger partial charge in [0.1, 0.15) is 6.10 Å². The van der Waals surface area contributed by atoms with Crippen molar-refractivity contribution in [3.05, 3.63) is 23.9 Å². The summed E-state index contributed by atoms with van der Waals surface area (Å²) >= 11 is 0. The van der Waals surface area contributed by atoms with E-state index in [1.165, 1.54) is 0 Å². The summed E-state index contributed by atoms with van der Waals surface area (Å²) in [6, 6.07) is 3.66. The summed E-state index contributed by atoms with van der Waals surface area (Å²) in [5.41, 5.74) is 2.04. The Hall–Kier alpha value is -2.08. The number of benzene rings is 1. The topological polar surface area (TPSA) is 87.2 Å². The number of hydrogen-bond acceptors (Lipinski definition) is 5. The van der Waals surface area contributed by atoms with Crippen LogP contribution in [0.3, 0.4) is 0 Å². The minimum absolute atomic E-state index is 0.143. The van der Waals surface area contributed by atoms with E-state index in [0.717, 1.165) is 35.9 Å². The molecule has 0 amide bonds. The Morgan fingerprint density at radius 1 is 1.48 bits per heavy atom. The second kappa shape index (κ2) is 6.58. The maximum absolute atomic E-state index is 12.6. The molecule has 0 bridgehead atoms. The van der Waals surface area contributed by atoms with Crippen LogP contribution < -0.4 is 5.32 Å². The Kier molecular flexibility index (Phi) is 4.52. The number of carbonyl (C=O) groups is 1. The van der Waals surface area contributed by atoms with Crippen molar-refractivity contribution in [1.82, 2.24) is 10.2 Å². The van der Waals surface area contributed by atoms with E-state index in [4.69, 9.17) is 4.74 Å². The molecule has 23 heavy (non-hydrogen) atoms. The molecule has 1 aromatic carbocycles. The van der Waals surface area contributed by atoms with Crippen LogP contribution in [-0.4, -0.2) is 41.0 Å². The molecule has 0 radical (unpaired) electrons. The van der Waals surface area contributed by atoms with Gasteiger partial charge in [0.2, 0.25) is 0 Å². The second-order valence-corrected chi connectivity index (χ2v) is 6.39. The van der Waals surface area contributed by atoms with Gasteiger partial charge in [0, 0.05) is 24.7 Å². The zero-order chi connectivity index (χ0) is 16.4. The number of rotatable bonds is 4. The van der Waals surface area contributed by atoms with Crippen molar-refractivity contribution in [2.75, 3.05) is 19.0 Å². The third-order valence-corrected chi connectivity index (χ3v) is 4.81. The first-order chi connectivity index (χ1) is 11.1. The van der Waals surface area contributed by atoms with Crippen LogP contribution in [0.15, 0.2) is 18.3 Å². The molecule has 0 spiro atoms. The number of hydrogen-bond donors (Lipinski definition) is 3. The van der Waals surface area contributed by atoms with Gasteiger partial charge in [-0.1, -0.05) is 6.92 Å². The molecule has 6 heteroatoms. The van der Waals surface area contributed by atoms with Crippen LogP contribution in [0.25, 0.3) is 10.9 Å². The van der Waals surface area contributed by atoms with Gasteiger partial charge >= 0.3 is 5.97 Å². The van der Waals surface area contributed by atoms with Crippen molar-refractivity contribution in [3.63, 3.8) is 0 Å². The monoisotopic (exact) mass is 317 g/mol. The fourth-order valence-electron chi connectivity index (χ4n) is 3.26. The van der Waals surface area contributed by atoms with Crippen LogP contribution in [0, 0.1) is 11.8 Å². The second-order valence-electron chi connectivity index (χ2n) is 6.39. The lowest BCUT2D eigenvalue weighted by Crippen LogP contribution is -2.33. The maximum atomic E-state index is 12.6. The summed E-state index contributed by atoms with van der Waals surface area (Å²) in [7, 11) is 1.78. The number of aromatic nitrogens is 2. The van der Waals surface area contributed by atoms with Gasteiger partial charge in [0.25, 0.3) is 0 Å². The summed E-state index contributed by atoms with van der Waals surface area (Å²) in [4.78, 5) is 12.6. The Balaban J connectivity index is 1.82. The highest BCUT2D eigenvalue weighted by atomic mass is 16.5. The number of carbonyl (C=O) groups excluding carboxylic acids is 1. The molecule has 2 aromatic rings. The molecular formula is C17H23N3O3. The average Bonchev–Trinajstić information content (AvgIpc) is 3.02. The van der Waals surface area contributed by atoms with Crippen molar-refractivity contribution < 1.29 is 14.6 Å². The standard InChI is InChI=1S/C17H23N3O3/c1-10-3-4-11(9-21)5-16(10)23-17(22)13-7-14-12(8-19-20-14)6-15(13)18-2/h6-8,10-11,16,18,21H,3-5,9H2,1-2H3,(H,19,20). The molecule has 3 rings (SSSR count). The SMILES string of the molecule is CNc1cc2cn[nH]c2cc1C(=O)OC1CC(CO)CCC1C. The summed E-state index contributed by atoms with van der Waals surface area (Å²) in [5.74, 6) is 0.208. The van der Waals surface area contributed by atoms with Gasteiger partial charge in [0.05, 0.1) is 17.3 Å². The number of aromatic amines is 1. The van der Waals surface area contributed by atoms with Crippen LogP contribution in [0.1, 0.15) is 36.5 Å². The van der Waals surface area contributed by atoms with E-state index in [0.29, 0.717) is 11.5 Å². The summed E-state index contributed by atoms with van der Waals surface area (Å²) < 4.78 is 5.77. The normalized spacial score (nSPS) is 24.6. The summed E-state index contributed by atoms with van der Waals surface area (Å²) in [6.07, 6.45) is 4.27. The molecule has 3 atom stereocenters. The van der Waals surface area contributed by atoms with Gasteiger partial charge in [0.15, 0.2) is 0 Å². The first kappa shape index (κ1) is 15.8. The van der Waals surface area contributed by atoms with Gasteiger partial charge in [-0.25, -0.2) is 4.79 Å². The van der Waals surface area contributed by atoms with E-state index in [1.54, 1.807) is 19.3 Å². The molecule has 1 heterocycles. The van der Waals surface area contributed by atoms with E-state index >= 15 is 0 Å². The predicted molar refractivity (Wildman–Crippen MR) is 88.4 cm³/mol. The van der Waals surface area contributed by atoms with Crippen LogP contribution in [-0.2, 0) is 4.74 Å². The van der Waals surface area contributed by atoms with Crippen molar-refractivity contribution in [1.29, 1.82) is 0 Å². The Bertz CT molecular complexity index is 697. The number of fused-ring (bicyclic) bond motifs is 1. The van der Waals surface area contributed by atoms with Crippen LogP contribution in [0.4, 0.5) is 5.69 Å². The minimum atomic E-state index is -0.332. The van der Waals surface area contributed by atoms with Crippen molar-refractivity contribution in [3.8, 4) is 0 Å². The molecule has 1 aliphatic rings. The zero-order valence-electron chi connectivity index (χ0n) is 13.5. The number of anilines is 1. The first-order valence-electron chi connectivity index (χ1n) is 8.09. The third kappa shape index (κ3) is 3.17. The molecule has 0 saturated heterocycles. The van der Waals surface area contributed by atoms with Crippen molar-refractivity contribution in [2.24, 2.45) is 11.8 Å². The van der Waals surface area contributed by atoms with E-state index in [1.807, 2.05) is 6.07 Å². The predicted octanol–water partition coefficient (Wildman–Crippen LogP) is 2.56. The molecule has 1 fully saturated rings. The van der Waals surface area contributed by atoms with E-state index in [2.05, 4.69) is 22.4 Å². The molecule has 3 unspecified atom stereocenters. The highest BCUT2D eigenvalue weighted by Crippen LogP contribution is 2.32. The van der Waals surface area contributed by atoms with E-state index in [9.17, 15) is 9.90 Å². The third-order valence-electron chi connectivity index (χ3n) is 4.81. The zero-order valence-corrected chi connectivity index (χ0v) is 13.5. The lowest BCUT2D eigenvalue weighted by Gasteiger charge is -2.33. The van der Waals surface area contributed by atoms with Crippen LogP contribution in [0.5, 0.6) is 0 Å². The maximum Gasteiger partial charge on any atom is 0.340 e. The van der Waals surface area contributed by atoms with E-state index in [-0.39, 0.29) is 24.6 Å². The van der Waals surface area contributed by atoms with Gasteiger partial charge in [-0.3, -0.25) is 5.10 Å².